The Labute approximate surface area is 203 Å². The Balaban J connectivity index is 1.25. The van der Waals surface area contributed by atoms with Gasteiger partial charge in [-0.25, -0.2) is 10.2 Å². The van der Waals surface area contributed by atoms with Crippen molar-refractivity contribution in [3.8, 4) is 11.5 Å². The highest BCUT2D eigenvalue weighted by atomic mass is 16.5. The van der Waals surface area contributed by atoms with Gasteiger partial charge in [0.2, 0.25) is 0 Å². The molecule has 6 nitrogen and oxygen atoms in total. The van der Waals surface area contributed by atoms with Gasteiger partial charge in [0.25, 0.3) is 5.91 Å². The molecule has 0 saturated heterocycles. The maximum atomic E-state index is 12.3. The Morgan fingerprint density at radius 1 is 0.771 bits per heavy atom. The smallest absolute Gasteiger partial charge is 0.343 e. The molecule has 0 aliphatic rings. The third kappa shape index (κ3) is 6.88. The van der Waals surface area contributed by atoms with Gasteiger partial charge in [-0.1, -0.05) is 48.0 Å². The summed E-state index contributed by atoms with van der Waals surface area (Å²) in [6.45, 7) is 2.50. The van der Waals surface area contributed by atoms with E-state index in [1.165, 1.54) is 11.8 Å². The van der Waals surface area contributed by atoms with E-state index in [1.807, 2.05) is 37.3 Å². The average Bonchev–Trinajstić information content (AvgIpc) is 2.90. The fourth-order valence-electron chi connectivity index (χ4n) is 3.15. The molecule has 4 aromatic rings. The molecule has 6 heteroatoms. The van der Waals surface area contributed by atoms with Crippen molar-refractivity contribution in [2.24, 2.45) is 5.10 Å². The van der Waals surface area contributed by atoms with Gasteiger partial charge in [0.15, 0.2) is 0 Å². The molecule has 1 N–H and O–H groups in total. The first-order chi connectivity index (χ1) is 17.1. The number of benzene rings is 4. The van der Waals surface area contributed by atoms with Crippen LogP contribution in [0.1, 0.15) is 37.4 Å². The zero-order valence-corrected chi connectivity index (χ0v) is 19.2. The van der Waals surface area contributed by atoms with Gasteiger partial charge in [0.1, 0.15) is 18.1 Å². The van der Waals surface area contributed by atoms with Gasteiger partial charge >= 0.3 is 5.97 Å². The maximum absolute atomic E-state index is 12.3. The first kappa shape index (κ1) is 23.4. The van der Waals surface area contributed by atoms with Crippen molar-refractivity contribution in [2.75, 3.05) is 0 Å². The monoisotopic (exact) mass is 464 g/mol. The van der Waals surface area contributed by atoms with E-state index in [4.69, 9.17) is 9.47 Å². The van der Waals surface area contributed by atoms with Gasteiger partial charge in [0, 0.05) is 5.56 Å². The van der Waals surface area contributed by atoms with Crippen molar-refractivity contribution in [1.82, 2.24) is 5.43 Å². The van der Waals surface area contributed by atoms with Crippen molar-refractivity contribution in [3.63, 3.8) is 0 Å². The number of nitrogens with one attached hydrogen (secondary N) is 1. The van der Waals surface area contributed by atoms with E-state index < -0.39 is 5.97 Å². The molecule has 0 saturated carbocycles. The van der Waals surface area contributed by atoms with Crippen LogP contribution in [0.5, 0.6) is 11.5 Å². The number of hydrogen-bond acceptors (Lipinski definition) is 5. The van der Waals surface area contributed by atoms with Crippen LogP contribution in [0.2, 0.25) is 0 Å². The molecule has 0 unspecified atom stereocenters. The number of aryl methyl sites for hydroxylation is 1. The number of carbonyl (C=O) groups excluding carboxylic acids is 2. The van der Waals surface area contributed by atoms with Crippen LogP contribution in [-0.4, -0.2) is 18.1 Å². The summed E-state index contributed by atoms with van der Waals surface area (Å²) in [7, 11) is 0. The third-order valence-electron chi connectivity index (χ3n) is 5.12. The SMILES string of the molecule is Cc1ccc(COc2ccc(C(=O)N/N=C\c3ccc(OC(=O)c4ccccc4)cc3)cc2)cc1. The number of ether oxygens (including phenoxy) is 2. The van der Waals surface area contributed by atoms with E-state index in [0.717, 1.165) is 11.1 Å². The summed E-state index contributed by atoms with van der Waals surface area (Å²) in [6, 6.07) is 30.6. The maximum Gasteiger partial charge on any atom is 0.343 e. The zero-order valence-electron chi connectivity index (χ0n) is 19.2. The second-order valence-corrected chi connectivity index (χ2v) is 7.82. The van der Waals surface area contributed by atoms with Gasteiger partial charge in [0.05, 0.1) is 11.8 Å². The van der Waals surface area contributed by atoms with Crippen LogP contribution in [0.25, 0.3) is 0 Å². The summed E-state index contributed by atoms with van der Waals surface area (Å²) in [5.41, 5.74) is 6.47. The number of esters is 1. The van der Waals surface area contributed by atoms with Crippen molar-refractivity contribution in [3.05, 3.63) is 131 Å². The lowest BCUT2D eigenvalue weighted by Gasteiger charge is -2.07. The summed E-state index contributed by atoms with van der Waals surface area (Å²) in [4.78, 5) is 24.5. The van der Waals surface area contributed by atoms with Crippen molar-refractivity contribution >= 4 is 18.1 Å². The molecule has 0 aliphatic carbocycles. The highest BCUT2D eigenvalue weighted by Crippen LogP contribution is 2.15. The molecule has 4 rings (SSSR count). The fraction of sp³-hybridized carbons (Fsp3) is 0.0690. The molecule has 0 heterocycles. The highest BCUT2D eigenvalue weighted by molar-refractivity contribution is 5.95. The van der Waals surface area contributed by atoms with Crippen LogP contribution in [0.15, 0.2) is 108 Å². The van der Waals surface area contributed by atoms with Crippen molar-refractivity contribution in [2.45, 2.75) is 13.5 Å². The van der Waals surface area contributed by atoms with Gasteiger partial charge < -0.3 is 9.47 Å². The number of hydrazone groups is 1. The van der Waals surface area contributed by atoms with Gasteiger partial charge in [-0.3, -0.25) is 4.79 Å². The molecule has 0 atom stereocenters. The minimum Gasteiger partial charge on any atom is -0.489 e. The van der Waals surface area contributed by atoms with E-state index in [2.05, 4.69) is 10.5 Å². The van der Waals surface area contributed by atoms with Crippen LogP contribution < -0.4 is 14.9 Å². The molecule has 1 amide bonds. The first-order valence-electron chi connectivity index (χ1n) is 11.1. The minimum atomic E-state index is -0.425. The molecule has 174 valence electrons. The van der Waals surface area contributed by atoms with Crippen LogP contribution in [0.3, 0.4) is 0 Å². The number of carbonyl (C=O) groups is 2. The second-order valence-electron chi connectivity index (χ2n) is 7.82. The highest BCUT2D eigenvalue weighted by Gasteiger charge is 2.08. The van der Waals surface area contributed by atoms with E-state index in [-0.39, 0.29) is 5.91 Å². The number of hydrogen-bond donors (Lipinski definition) is 1. The van der Waals surface area contributed by atoms with Gasteiger partial charge in [-0.05, 0) is 78.7 Å². The van der Waals surface area contributed by atoms with Crippen LogP contribution >= 0.6 is 0 Å². The summed E-state index contributed by atoms with van der Waals surface area (Å²) in [5.74, 6) is 0.342. The first-order valence-corrected chi connectivity index (χ1v) is 11.1. The Hall–Kier alpha value is -4.71. The molecule has 4 aromatic carbocycles. The van der Waals surface area contributed by atoms with Crippen molar-refractivity contribution < 1.29 is 19.1 Å². The molecule has 35 heavy (non-hydrogen) atoms. The lowest BCUT2D eigenvalue weighted by Crippen LogP contribution is -2.17. The summed E-state index contributed by atoms with van der Waals surface area (Å²) in [5, 5.41) is 4.00. The van der Waals surface area contributed by atoms with E-state index in [0.29, 0.717) is 29.2 Å². The standard InChI is InChI=1S/C29H24N2O4/c1-21-7-9-23(10-8-21)20-34-26-17-13-24(14-18-26)28(32)31-30-19-22-11-15-27(16-12-22)35-29(33)25-5-3-2-4-6-25/h2-19H,20H2,1H3,(H,31,32)/b30-19-. The molecule has 0 aliphatic heterocycles. The third-order valence-corrected chi connectivity index (χ3v) is 5.12. The number of rotatable bonds is 8. The van der Waals surface area contributed by atoms with Crippen LogP contribution in [-0.2, 0) is 6.61 Å². The molecular weight excluding hydrogens is 440 g/mol. The Kier molecular flexibility index (Phi) is 7.66. The molecule has 0 fully saturated rings. The Morgan fingerprint density at radius 3 is 2.11 bits per heavy atom. The summed E-state index contributed by atoms with van der Waals surface area (Å²) in [6.07, 6.45) is 1.51. The topological polar surface area (TPSA) is 77.0 Å². The Morgan fingerprint density at radius 2 is 1.43 bits per heavy atom. The van der Waals surface area contributed by atoms with E-state index >= 15 is 0 Å². The predicted octanol–water partition coefficient (Wildman–Crippen LogP) is 5.56. The van der Waals surface area contributed by atoms with Gasteiger partial charge in [-0.2, -0.15) is 5.10 Å². The van der Waals surface area contributed by atoms with E-state index in [1.54, 1.807) is 72.8 Å². The molecular formula is C29H24N2O4. The molecule has 0 aromatic heterocycles. The lowest BCUT2D eigenvalue weighted by atomic mass is 10.2. The average molecular weight is 465 g/mol. The molecule has 0 bridgehead atoms. The number of nitrogens with zero attached hydrogens (tertiary/aromatic N) is 1. The zero-order chi connectivity index (χ0) is 24.5. The second kappa shape index (κ2) is 11.4. The quantitative estimate of drug-likeness (QED) is 0.160. The Bertz CT molecular complexity index is 1300. The minimum absolute atomic E-state index is 0.334. The molecule has 0 radical (unpaired) electrons. The van der Waals surface area contributed by atoms with Crippen LogP contribution in [0.4, 0.5) is 0 Å². The summed E-state index contributed by atoms with van der Waals surface area (Å²) < 4.78 is 11.1. The largest absolute Gasteiger partial charge is 0.489 e. The van der Waals surface area contributed by atoms with Crippen LogP contribution in [0, 0.1) is 6.92 Å². The summed E-state index contributed by atoms with van der Waals surface area (Å²) >= 11 is 0. The molecule has 0 spiro atoms. The normalized spacial score (nSPS) is 10.7. The van der Waals surface area contributed by atoms with Crippen molar-refractivity contribution in [1.29, 1.82) is 0 Å². The fourth-order valence-corrected chi connectivity index (χ4v) is 3.15. The van der Waals surface area contributed by atoms with Gasteiger partial charge in [-0.15, -0.1) is 0 Å². The predicted molar refractivity (Wildman–Crippen MR) is 135 cm³/mol. The number of amides is 1. The lowest BCUT2D eigenvalue weighted by molar-refractivity contribution is 0.0734. The van der Waals surface area contributed by atoms with E-state index in [9.17, 15) is 9.59 Å².